The zero-order valence-corrected chi connectivity index (χ0v) is 34.7. The molecule has 0 aliphatic heterocycles. The summed E-state index contributed by atoms with van der Waals surface area (Å²) in [5, 5.41) is 7.34. The Morgan fingerprint density at radius 3 is 1.45 bits per heavy atom. The van der Waals surface area contributed by atoms with Crippen LogP contribution >= 0.6 is 0 Å². The number of fused-ring (bicyclic) bond motifs is 3. The Bertz CT molecular complexity index is 3750. The lowest BCUT2D eigenvalue weighted by Crippen LogP contribution is -2.03. The highest BCUT2D eigenvalue weighted by Crippen LogP contribution is 2.43. The van der Waals surface area contributed by atoms with Gasteiger partial charge in [0.05, 0.1) is 33.5 Å². The van der Waals surface area contributed by atoms with Crippen molar-refractivity contribution in [1.29, 1.82) is 0 Å². The van der Waals surface area contributed by atoms with Crippen LogP contribution in [0, 0.1) is 0 Å². The minimum absolute atomic E-state index is 0.642. The standard InChI is InChI=1S/C60H38N4/c1-5-16-39(17-6-1)46-33-47(40-18-7-2-8-19-40)35-49(34-46)63-56-27-15-24-43-28-29-45-32-48(37-57(63)59(45)58(43)56)44-30-31-55-51(36-44)50-25-13-14-26-54(50)64(55)60-61-52(41-20-9-3-10-21-41)38-53(62-60)42-22-11-4-12-23-42/h1-38H. The van der Waals surface area contributed by atoms with E-state index in [4.69, 9.17) is 9.97 Å². The molecule has 0 saturated heterocycles. The lowest BCUT2D eigenvalue weighted by Gasteiger charge is -2.15. The third-order valence-electron chi connectivity index (χ3n) is 12.8. The molecule has 13 rings (SSSR count). The maximum atomic E-state index is 5.27. The number of para-hydroxylation sites is 1. The Hall–Kier alpha value is -8.60. The largest absolute Gasteiger partial charge is 0.309 e. The first-order chi connectivity index (χ1) is 31.7. The van der Waals surface area contributed by atoms with E-state index in [2.05, 4.69) is 228 Å². The number of aromatic nitrogens is 4. The molecule has 0 aliphatic rings. The second-order valence-corrected chi connectivity index (χ2v) is 16.6. The van der Waals surface area contributed by atoms with Crippen LogP contribution in [0.4, 0.5) is 0 Å². The summed E-state index contributed by atoms with van der Waals surface area (Å²) in [5.74, 6) is 0.642. The van der Waals surface area contributed by atoms with Gasteiger partial charge in [-0.05, 0) is 105 Å². The number of benzene rings is 10. The summed E-state index contributed by atoms with van der Waals surface area (Å²) in [6, 6.07) is 82.9. The molecule has 0 unspecified atom stereocenters. The lowest BCUT2D eigenvalue weighted by molar-refractivity contribution is 0.995. The van der Waals surface area contributed by atoms with Crippen molar-refractivity contribution in [2.45, 2.75) is 0 Å². The molecule has 0 amide bonds. The van der Waals surface area contributed by atoms with E-state index in [9.17, 15) is 0 Å². The summed E-state index contributed by atoms with van der Waals surface area (Å²) in [4.78, 5) is 10.5. The van der Waals surface area contributed by atoms with Gasteiger partial charge < -0.3 is 4.57 Å². The van der Waals surface area contributed by atoms with Gasteiger partial charge in [-0.25, -0.2) is 9.97 Å². The smallest absolute Gasteiger partial charge is 0.235 e. The fourth-order valence-corrected chi connectivity index (χ4v) is 9.89. The molecule has 3 heterocycles. The van der Waals surface area contributed by atoms with Crippen molar-refractivity contribution >= 4 is 54.4 Å². The number of nitrogens with zero attached hydrogens (tertiary/aromatic N) is 4. The minimum atomic E-state index is 0.642. The van der Waals surface area contributed by atoms with Crippen molar-refractivity contribution < 1.29 is 0 Å². The molecule has 4 nitrogen and oxygen atoms in total. The molecule has 0 atom stereocenters. The average Bonchev–Trinajstić information content (AvgIpc) is 3.90. The third-order valence-corrected chi connectivity index (χ3v) is 12.8. The second kappa shape index (κ2) is 14.5. The lowest BCUT2D eigenvalue weighted by atomic mass is 9.96. The van der Waals surface area contributed by atoms with Crippen molar-refractivity contribution in [3.8, 4) is 67.5 Å². The van der Waals surface area contributed by atoms with Crippen molar-refractivity contribution in [1.82, 2.24) is 19.1 Å². The van der Waals surface area contributed by atoms with Gasteiger partial charge in [-0.2, -0.15) is 0 Å². The molecule has 3 aromatic heterocycles. The van der Waals surface area contributed by atoms with Gasteiger partial charge in [0.1, 0.15) is 0 Å². The summed E-state index contributed by atoms with van der Waals surface area (Å²) >= 11 is 0. The summed E-state index contributed by atoms with van der Waals surface area (Å²) in [6.45, 7) is 0. The predicted octanol–water partition coefficient (Wildman–Crippen LogP) is 15.6. The second-order valence-electron chi connectivity index (χ2n) is 16.6. The molecular weight excluding hydrogens is 777 g/mol. The molecule has 0 aliphatic carbocycles. The van der Waals surface area contributed by atoms with E-state index in [1.54, 1.807) is 0 Å². The first kappa shape index (κ1) is 36.1. The molecule has 0 N–H and O–H groups in total. The van der Waals surface area contributed by atoms with E-state index in [-0.39, 0.29) is 0 Å². The Morgan fingerprint density at radius 1 is 0.266 bits per heavy atom. The van der Waals surface area contributed by atoms with Gasteiger partial charge in [-0.1, -0.05) is 170 Å². The van der Waals surface area contributed by atoms with Gasteiger partial charge >= 0.3 is 0 Å². The Morgan fingerprint density at radius 2 is 0.797 bits per heavy atom. The zero-order valence-electron chi connectivity index (χ0n) is 34.7. The van der Waals surface area contributed by atoms with Crippen molar-refractivity contribution in [2.24, 2.45) is 0 Å². The third kappa shape index (κ3) is 5.84. The molecule has 64 heavy (non-hydrogen) atoms. The highest BCUT2D eigenvalue weighted by atomic mass is 15.2. The van der Waals surface area contributed by atoms with E-state index in [1.807, 2.05) is 12.1 Å². The van der Waals surface area contributed by atoms with Crippen LogP contribution in [0.2, 0.25) is 0 Å². The Balaban J connectivity index is 1.03. The topological polar surface area (TPSA) is 35.6 Å². The molecular formula is C60H38N4. The fraction of sp³-hybridized carbons (Fsp3) is 0. The molecule has 0 bridgehead atoms. The first-order valence-corrected chi connectivity index (χ1v) is 21.8. The molecule has 4 heteroatoms. The monoisotopic (exact) mass is 814 g/mol. The van der Waals surface area contributed by atoms with Crippen LogP contribution in [0.25, 0.3) is 122 Å². The van der Waals surface area contributed by atoms with Gasteiger partial charge in [0, 0.05) is 38.4 Å². The molecule has 0 radical (unpaired) electrons. The van der Waals surface area contributed by atoms with E-state index in [1.165, 1.54) is 54.8 Å². The maximum Gasteiger partial charge on any atom is 0.235 e. The average molecular weight is 815 g/mol. The Labute approximate surface area is 369 Å². The van der Waals surface area contributed by atoms with E-state index in [0.29, 0.717) is 5.95 Å². The predicted molar refractivity (Wildman–Crippen MR) is 267 cm³/mol. The molecule has 13 aromatic rings. The van der Waals surface area contributed by atoms with Crippen LogP contribution < -0.4 is 0 Å². The van der Waals surface area contributed by atoms with Gasteiger partial charge in [0.25, 0.3) is 0 Å². The van der Waals surface area contributed by atoms with Crippen LogP contribution in [0.5, 0.6) is 0 Å². The van der Waals surface area contributed by atoms with Crippen LogP contribution in [0.3, 0.4) is 0 Å². The van der Waals surface area contributed by atoms with Gasteiger partial charge in [0.15, 0.2) is 0 Å². The summed E-state index contributed by atoms with van der Waals surface area (Å²) in [6.07, 6.45) is 0. The molecule has 298 valence electrons. The summed E-state index contributed by atoms with van der Waals surface area (Å²) in [7, 11) is 0. The number of rotatable bonds is 7. The quantitative estimate of drug-likeness (QED) is 0.150. The van der Waals surface area contributed by atoms with Crippen LogP contribution in [0.15, 0.2) is 231 Å². The van der Waals surface area contributed by atoms with Crippen molar-refractivity contribution in [3.05, 3.63) is 231 Å². The highest BCUT2D eigenvalue weighted by molar-refractivity contribution is 6.25. The molecule has 0 spiro atoms. The normalized spacial score (nSPS) is 11.8. The molecule has 0 fully saturated rings. The van der Waals surface area contributed by atoms with Gasteiger partial charge in [-0.3, -0.25) is 4.57 Å². The first-order valence-electron chi connectivity index (χ1n) is 21.8. The fourth-order valence-electron chi connectivity index (χ4n) is 9.89. The maximum absolute atomic E-state index is 5.27. The van der Waals surface area contributed by atoms with Crippen LogP contribution in [-0.2, 0) is 0 Å². The molecule has 10 aromatic carbocycles. The number of hydrogen-bond acceptors (Lipinski definition) is 2. The summed E-state index contributed by atoms with van der Waals surface area (Å²) < 4.78 is 4.71. The van der Waals surface area contributed by atoms with Crippen LogP contribution in [0.1, 0.15) is 0 Å². The van der Waals surface area contributed by atoms with Gasteiger partial charge in [-0.15, -0.1) is 0 Å². The highest BCUT2D eigenvalue weighted by Gasteiger charge is 2.21. The van der Waals surface area contributed by atoms with Crippen molar-refractivity contribution in [2.75, 3.05) is 0 Å². The Kier molecular flexibility index (Phi) is 8.18. The van der Waals surface area contributed by atoms with E-state index >= 15 is 0 Å². The number of hydrogen-bond donors (Lipinski definition) is 0. The minimum Gasteiger partial charge on any atom is -0.309 e. The zero-order chi connectivity index (χ0) is 42.1. The van der Waals surface area contributed by atoms with Gasteiger partial charge in [0.2, 0.25) is 5.95 Å². The van der Waals surface area contributed by atoms with E-state index < -0.39 is 0 Å². The van der Waals surface area contributed by atoms with Crippen molar-refractivity contribution in [3.63, 3.8) is 0 Å². The SMILES string of the molecule is c1ccc(-c2cc(-c3ccccc3)cc(-n3c4cccc5ccc6cc(-c7ccc8c(c7)c7ccccc7n8-c7nc(-c8ccccc8)cc(-c8ccccc8)n7)cc3c6c54)c2)cc1. The van der Waals surface area contributed by atoms with E-state index in [0.717, 1.165) is 61.1 Å². The summed E-state index contributed by atoms with van der Waals surface area (Å²) in [5.41, 5.74) is 16.6. The molecule has 0 saturated carbocycles. The van der Waals surface area contributed by atoms with Crippen LogP contribution in [-0.4, -0.2) is 19.1 Å².